The first-order valence-electron chi connectivity index (χ1n) is 11.4. The molecule has 3 aromatic rings. The summed E-state index contributed by atoms with van der Waals surface area (Å²) in [6.45, 7) is 0.603. The minimum atomic E-state index is -0.614. The first kappa shape index (κ1) is 20.4. The lowest BCUT2D eigenvalue weighted by molar-refractivity contribution is 0.00706. The van der Waals surface area contributed by atoms with Crippen molar-refractivity contribution < 1.29 is 19.3 Å². The third kappa shape index (κ3) is 3.67. The van der Waals surface area contributed by atoms with Gasteiger partial charge >= 0.3 is 0 Å². The van der Waals surface area contributed by atoms with Crippen LogP contribution in [-0.4, -0.2) is 57.7 Å². The van der Waals surface area contributed by atoms with Crippen LogP contribution in [0.2, 0.25) is 5.02 Å². The number of aliphatic hydroxyl groups is 1. The van der Waals surface area contributed by atoms with Gasteiger partial charge in [-0.25, -0.2) is 4.98 Å². The summed E-state index contributed by atoms with van der Waals surface area (Å²) in [4.78, 5) is 12.3. The molecule has 2 N–H and O–H groups in total. The molecule has 1 aromatic carbocycles. The van der Waals surface area contributed by atoms with E-state index in [1.165, 1.54) is 37.7 Å². The number of pyridine rings is 1. The molecule has 6 rings (SSSR count). The third-order valence-electron chi connectivity index (χ3n) is 6.91. The zero-order chi connectivity index (χ0) is 21.7. The number of benzene rings is 1. The molecular weight excluding hydrogens is 430 g/mol. The molecule has 0 unspecified atom stereocenters. The normalized spacial score (nSPS) is 28.3. The van der Waals surface area contributed by atoms with Gasteiger partial charge in [0.2, 0.25) is 0 Å². The number of hydrogen-bond donors (Lipinski definition) is 2. The fraction of sp³-hybridized carbons (Fsp3) is 0.500. The predicted octanol–water partition coefficient (Wildman–Crippen LogP) is 4.23. The van der Waals surface area contributed by atoms with E-state index in [0.717, 1.165) is 5.56 Å². The van der Waals surface area contributed by atoms with Crippen LogP contribution in [0.5, 0.6) is 6.01 Å². The Bertz CT molecular complexity index is 1110. The van der Waals surface area contributed by atoms with Crippen molar-refractivity contribution in [3.63, 3.8) is 0 Å². The topological polar surface area (TPSA) is 89.5 Å². The molecule has 32 heavy (non-hydrogen) atoms. The van der Waals surface area contributed by atoms with Crippen molar-refractivity contribution in [1.82, 2.24) is 15.0 Å². The molecule has 1 saturated carbocycles. The Kier molecular flexibility index (Phi) is 5.30. The number of nitrogens with zero attached hydrogens (tertiary/aromatic N) is 2. The number of aromatic nitrogens is 3. The number of fused-ring (bicyclic) bond motifs is 2. The van der Waals surface area contributed by atoms with Gasteiger partial charge in [0.05, 0.1) is 29.4 Å². The van der Waals surface area contributed by atoms with E-state index in [4.69, 9.17) is 30.8 Å². The van der Waals surface area contributed by atoms with E-state index < -0.39 is 6.10 Å². The molecule has 3 aliphatic rings. The number of imidazole rings is 1. The molecule has 4 atom stereocenters. The number of ether oxygens (including phenoxy) is 3. The zero-order valence-corrected chi connectivity index (χ0v) is 18.4. The second-order valence-electron chi connectivity index (χ2n) is 9.01. The molecule has 4 heterocycles. The minimum Gasteiger partial charge on any atom is -0.456 e. The maximum Gasteiger partial charge on any atom is 0.296 e. The highest BCUT2D eigenvalue weighted by molar-refractivity contribution is 6.33. The Hall–Kier alpha value is -2.19. The van der Waals surface area contributed by atoms with Crippen molar-refractivity contribution in [2.75, 3.05) is 13.2 Å². The molecule has 2 aliphatic heterocycles. The van der Waals surface area contributed by atoms with Gasteiger partial charge in [-0.1, -0.05) is 55.1 Å². The molecule has 2 saturated heterocycles. The number of rotatable bonds is 4. The number of aliphatic hydroxyl groups excluding tert-OH is 1. The van der Waals surface area contributed by atoms with Crippen LogP contribution < -0.4 is 4.74 Å². The van der Waals surface area contributed by atoms with E-state index in [9.17, 15) is 5.11 Å². The molecule has 2 aromatic heterocycles. The largest absolute Gasteiger partial charge is 0.456 e. The van der Waals surface area contributed by atoms with Gasteiger partial charge in [0.1, 0.15) is 18.3 Å². The minimum absolute atomic E-state index is 0.259. The Morgan fingerprint density at radius 2 is 1.78 bits per heavy atom. The highest BCUT2D eigenvalue weighted by Crippen LogP contribution is 2.35. The van der Waals surface area contributed by atoms with E-state index in [1.807, 2.05) is 6.07 Å². The van der Waals surface area contributed by atoms with Gasteiger partial charge in [-0.15, -0.1) is 0 Å². The standard InChI is InChI=1S/C24H26ClN3O4/c25-16-10-17-23(28-24(26-17)32-19-12-31-21-18(29)11-30-22(19)21)27-20(16)15-8-6-14(7-9-15)13-4-2-1-3-5-13/h6-10,13,18-19,21-22,29H,1-5,11-12H2,(H,26,27,28)/t18-,19-,21-,22-/m1/s1. The fourth-order valence-electron chi connectivity index (χ4n) is 5.19. The Labute approximate surface area is 191 Å². The monoisotopic (exact) mass is 455 g/mol. The van der Waals surface area contributed by atoms with Crippen LogP contribution in [0.3, 0.4) is 0 Å². The van der Waals surface area contributed by atoms with Crippen LogP contribution in [0.25, 0.3) is 22.4 Å². The van der Waals surface area contributed by atoms with Gasteiger partial charge in [0.25, 0.3) is 6.01 Å². The maximum absolute atomic E-state index is 9.90. The molecule has 0 bridgehead atoms. The maximum atomic E-state index is 9.90. The Balaban J connectivity index is 1.23. The molecule has 0 spiro atoms. The highest BCUT2D eigenvalue weighted by atomic mass is 35.5. The van der Waals surface area contributed by atoms with Gasteiger partial charge in [0, 0.05) is 5.56 Å². The fourth-order valence-corrected chi connectivity index (χ4v) is 5.45. The van der Waals surface area contributed by atoms with Gasteiger partial charge in [-0.2, -0.15) is 4.98 Å². The first-order valence-corrected chi connectivity index (χ1v) is 11.8. The smallest absolute Gasteiger partial charge is 0.296 e. The number of hydrogen-bond acceptors (Lipinski definition) is 6. The van der Waals surface area contributed by atoms with Gasteiger partial charge in [-0.05, 0) is 30.4 Å². The van der Waals surface area contributed by atoms with E-state index in [2.05, 4.69) is 34.2 Å². The number of H-pyrrole nitrogens is 1. The molecular formula is C24H26ClN3O4. The lowest BCUT2D eigenvalue weighted by atomic mass is 9.84. The first-order chi connectivity index (χ1) is 15.7. The van der Waals surface area contributed by atoms with Crippen molar-refractivity contribution in [2.24, 2.45) is 0 Å². The van der Waals surface area contributed by atoms with E-state index in [0.29, 0.717) is 40.4 Å². The van der Waals surface area contributed by atoms with Crippen molar-refractivity contribution in [3.05, 3.63) is 40.9 Å². The summed E-state index contributed by atoms with van der Waals surface area (Å²) >= 11 is 6.58. The Morgan fingerprint density at radius 1 is 1.00 bits per heavy atom. The third-order valence-corrected chi connectivity index (χ3v) is 7.20. The summed E-state index contributed by atoms with van der Waals surface area (Å²) in [5, 5.41) is 10.5. The van der Waals surface area contributed by atoms with Gasteiger partial charge in [0.15, 0.2) is 11.8 Å². The number of aromatic amines is 1. The molecule has 0 amide bonds. The summed E-state index contributed by atoms with van der Waals surface area (Å²) in [6, 6.07) is 10.8. The molecule has 8 heteroatoms. The molecule has 168 valence electrons. The van der Waals surface area contributed by atoms with Crippen LogP contribution in [0.4, 0.5) is 0 Å². The number of halogens is 1. The second-order valence-corrected chi connectivity index (χ2v) is 9.42. The van der Waals surface area contributed by atoms with Crippen LogP contribution in [0.15, 0.2) is 30.3 Å². The average molecular weight is 456 g/mol. The molecule has 3 fully saturated rings. The van der Waals surface area contributed by atoms with Crippen LogP contribution >= 0.6 is 11.6 Å². The molecule has 7 nitrogen and oxygen atoms in total. The van der Waals surface area contributed by atoms with Crippen LogP contribution in [0.1, 0.15) is 43.6 Å². The van der Waals surface area contributed by atoms with Crippen LogP contribution in [0, 0.1) is 0 Å². The summed E-state index contributed by atoms with van der Waals surface area (Å²) < 4.78 is 17.2. The highest BCUT2D eigenvalue weighted by Gasteiger charge is 2.48. The van der Waals surface area contributed by atoms with Crippen LogP contribution in [-0.2, 0) is 9.47 Å². The van der Waals surface area contributed by atoms with Crippen molar-refractivity contribution in [2.45, 2.75) is 62.4 Å². The van der Waals surface area contributed by atoms with E-state index >= 15 is 0 Å². The summed E-state index contributed by atoms with van der Waals surface area (Å²) in [5.74, 6) is 0.666. The second kappa shape index (κ2) is 8.30. The van der Waals surface area contributed by atoms with Crippen molar-refractivity contribution in [1.29, 1.82) is 0 Å². The quantitative estimate of drug-likeness (QED) is 0.611. The van der Waals surface area contributed by atoms with Gasteiger partial charge in [-0.3, -0.25) is 0 Å². The molecule has 0 radical (unpaired) electrons. The van der Waals surface area contributed by atoms with Crippen molar-refractivity contribution >= 4 is 22.8 Å². The average Bonchev–Trinajstić information content (AvgIpc) is 3.51. The number of nitrogens with one attached hydrogen (secondary N) is 1. The van der Waals surface area contributed by atoms with E-state index in [1.54, 1.807) is 0 Å². The SMILES string of the molecule is O[C@@H]1CO[C@H]2[C@@H]1OC[C@H]2Oc1nc2nc(-c3ccc(C4CCCCC4)cc3)c(Cl)cc2[nH]1. The summed E-state index contributed by atoms with van der Waals surface area (Å²) in [5.41, 5.74) is 4.33. The Morgan fingerprint density at radius 3 is 2.59 bits per heavy atom. The van der Waals surface area contributed by atoms with Crippen molar-refractivity contribution in [3.8, 4) is 17.3 Å². The lowest BCUT2D eigenvalue weighted by Gasteiger charge is -2.22. The lowest BCUT2D eigenvalue weighted by Crippen LogP contribution is -2.34. The van der Waals surface area contributed by atoms with Gasteiger partial charge < -0.3 is 24.3 Å². The molecule has 1 aliphatic carbocycles. The summed E-state index contributed by atoms with van der Waals surface area (Å²) in [6.07, 6.45) is 4.95. The summed E-state index contributed by atoms with van der Waals surface area (Å²) in [7, 11) is 0. The van der Waals surface area contributed by atoms with E-state index in [-0.39, 0.29) is 24.9 Å². The zero-order valence-electron chi connectivity index (χ0n) is 17.7. The predicted molar refractivity (Wildman–Crippen MR) is 120 cm³/mol.